The maximum atomic E-state index is 14.6. The Morgan fingerprint density at radius 1 is 1.08 bits per heavy atom. The van der Waals surface area contributed by atoms with Crippen molar-refractivity contribution in [2.45, 2.75) is 81.9 Å². The van der Waals surface area contributed by atoms with E-state index in [2.05, 4.69) is 13.2 Å². The summed E-state index contributed by atoms with van der Waals surface area (Å²) in [6, 6.07) is 17.5. The minimum absolute atomic E-state index is 0.0388. The Kier molecular flexibility index (Phi) is 11.7. The lowest BCUT2D eigenvalue weighted by Crippen LogP contribution is -2.56. The fourth-order valence-corrected chi connectivity index (χ4v) is 7.82. The maximum Gasteiger partial charge on any atom is 0.313 e. The summed E-state index contributed by atoms with van der Waals surface area (Å²) in [6.45, 7) is 10.2. The largest absolute Gasteiger partial charge is 0.455 e. The van der Waals surface area contributed by atoms with Gasteiger partial charge in [0.05, 0.1) is 24.0 Å². The minimum atomic E-state index is -1.19. The van der Waals surface area contributed by atoms with Gasteiger partial charge in [0, 0.05) is 39.7 Å². The number of amides is 3. The molecule has 3 amide bonds. The van der Waals surface area contributed by atoms with Crippen molar-refractivity contribution >= 4 is 23.7 Å². The predicted octanol–water partition coefficient (Wildman–Crippen LogP) is 4.45. The number of allylic oxidation sites excluding steroid dienone is 1. The van der Waals surface area contributed by atoms with Crippen LogP contribution in [0.5, 0.6) is 0 Å². The molecular formula is C39H49N3O7. The van der Waals surface area contributed by atoms with Crippen molar-refractivity contribution in [2.75, 3.05) is 26.7 Å². The van der Waals surface area contributed by atoms with E-state index in [1.165, 1.54) is 0 Å². The number of hydrogen-bond acceptors (Lipinski definition) is 7. The van der Waals surface area contributed by atoms with Crippen molar-refractivity contribution in [3.8, 4) is 0 Å². The first-order valence-corrected chi connectivity index (χ1v) is 17.3. The van der Waals surface area contributed by atoms with Crippen LogP contribution in [0, 0.1) is 11.8 Å². The fraction of sp³-hybridized carbons (Fsp3) is 0.487. The molecule has 10 nitrogen and oxygen atoms in total. The number of aliphatic hydroxyl groups is 1. The summed E-state index contributed by atoms with van der Waals surface area (Å²) in [5.41, 5.74) is 0.473. The van der Waals surface area contributed by atoms with Crippen LogP contribution in [0.25, 0.3) is 0 Å². The number of carbonyl (C=O) groups is 4. The molecule has 0 aliphatic carbocycles. The molecule has 3 saturated heterocycles. The van der Waals surface area contributed by atoms with E-state index in [1.807, 2.05) is 67.6 Å². The Morgan fingerprint density at radius 3 is 2.43 bits per heavy atom. The van der Waals surface area contributed by atoms with Gasteiger partial charge in [0.25, 0.3) is 0 Å². The molecule has 0 radical (unpaired) electrons. The first-order chi connectivity index (χ1) is 23.7. The monoisotopic (exact) mass is 671 g/mol. The van der Waals surface area contributed by atoms with Crippen molar-refractivity contribution in [3.05, 3.63) is 97.1 Å². The Balaban J connectivity index is 1.46. The van der Waals surface area contributed by atoms with E-state index in [0.717, 1.165) is 11.1 Å². The number of aliphatic hydroxyl groups excluding tert-OH is 1. The lowest BCUT2D eigenvalue weighted by Gasteiger charge is -2.37. The number of benzene rings is 2. The molecular weight excluding hydrogens is 622 g/mol. The van der Waals surface area contributed by atoms with Gasteiger partial charge in [-0.3, -0.25) is 19.2 Å². The Bertz CT molecular complexity index is 1500. The summed E-state index contributed by atoms with van der Waals surface area (Å²) in [4.78, 5) is 61.2. The lowest BCUT2D eigenvalue weighted by atomic mass is 9.70. The molecule has 7 atom stereocenters. The second kappa shape index (κ2) is 16.0. The average molecular weight is 672 g/mol. The standard InChI is InChI=1S/C39H49N3O7/c1-5-7-20-31(44)40(4)27(3)34(29-18-12-9-13-19-29)48-38(47)32-30-21-22-39(49-30)33(32)36(45)42(24-14-15-25-43)35(39)37(46)41(23-6-2)26-28-16-10-8-11-17-28/h5-6,8-13,16-19,27,30,32-35,43H,1-2,7,14-15,20-26H2,3-4H3/t27-,30+,32-,33-,34+,35+,39-/m0/s1. The van der Waals surface area contributed by atoms with Crippen LogP contribution >= 0.6 is 0 Å². The summed E-state index contributed by atoms with van der Waals surface area (Å²) < 4.78 is 13.0. The number of nitrogens with zero attached hydrogens (tertiary/aromatic N) is 3. The normalized spacial score (nSPS) is 25.0. The van der Waals surface area contributed by atoms with E-state index >= 15 is 0 Å². The summed E-state index contributed by atoms with van der Waals surface area (Å²) in [7, 11) is 1.70. The Labute approximate surface area is 289 Å². The third-order valence-electron chi connectivity index (χ3n) is 10.4. The number of rotatable bonds is 17. The summed E-state index contributed by atoms with van der Waals surface area (Å²) in [5, 5.41) is 9.52. The zero-order valence-electron chi connectivity index (χ0n) is 28.6. The highest BCUT2D eigenvalue weighted by molar-refractivity contribution is 5.98. The van der Waals surface area contributed by atoms with Crippen LogP contribution in [0.2, 0.25) is 0 Å². The van der Waals surface area contributed by atoms with Crippen LogP contribution in [-0.2, 0) is 35.2 Å². The van der Waals surface area contributed by atoms with Crippen LogP contribution in [0.15, 0.2) is 86.0 Å². The molecule has 3 aliphatic rings. The molecule has 0 unspecified atom stereocenters. The quantitative estimate of drug-likeness (QED) is 0.150. The maximum absolute atomic E-state index is 14.6. The summed E-state index contributed by atoms with van der Waals surface area (Å²) in [6.07, 6.45) is 4.70. The molecule has 2 bridgehead atoms. The SMILES string of the molecule is C=CCCC(=O)N(C)[C@@H](C)[C@@H](OC(=O)[C@@H]1[C@H]2C(=O)N(CCCCO)[C@H](C(=O)N(CC=C)Cc3ccccc3)[C@]23CC[C@H]1O3)c1ccccc1. The molecule has 3 fully saturated rings. The molecule has 2 aromatic rings. The van der Waals surface area contributed by atoms with Gasteiger partial charge in [-0.25, -0.2) is 0 Å². The van der Waals surface area contributed by atoms with Gasteiger partial charge < -0.3 is 29.3 Å². The van der Waals surface area contributed by atoms with Crippen LogP contribution < -0.4 is 0 Å². The number of likely N-dealkylation sites (N-methyl/N-ethyl adjacent to an activating group) is 1. The molecule has 10 heteroatoms. The Morgan fingerprint density at radius 2 is 1.78 bits per heavy atom. The number of hydrogen-bond donors (Lipinski definition) is 1. The van der Waals surface area contributed by atoms with Crippen molar-refractivity contribution < 1.29 is 33.8 Å². The molecule has 49 heavy (non-hydrogen) atoms. The van der Waals surface area contributed by atoms with E-state index < -0.39 is 47.7 Å². The van der Waals surface area contributed by atoms with Crippen LogP contribution in [0.1, 0.15) is 62.7 Å². The number of fused-ring (bicyclic) bond motifs is 1. The number of likely N-dealkylation sites (tertiary alicyclic amines) is 1. The van der Waals surface area contributed by atoms with Crippen LogP contribution in [0.3, 0.4) is 0 Å². The smallest absolute Gasteiger partial charge is 0.313 e. The van der Waals surface area contributed by atoms with E-state index in [0.29, 0.717) is 38.6 Å². The molecule has 3 heterocycles. The Hall–Kier alpha value is -4.28. The topological polar surface area (TPSA) is 117 Å². The summed E-state index contributed by atoms with van der Waals surface area (Å²) >= 11 is 0. The van der Waals surface area contributed by atoms with Gasteiger partial charge in [0.2, 0.25) is 17.7 Å². The molecule has 0 aromatic heterocycles. The molecule has 2 aromatic carbocycles. The molecule has 262 valence electrons. The third kappa shape index (κ3) is 7.21. The second-order valence-corrected chi connectivity index (χ2v) is 13.4. The van der Waals surface area contributed by atoms with Crippen LogP contribution in [-0.4, -0.2) is 94.0 Å². The third-order valence-corrected chi connectivity index (χ3v) is 10.4. The van der Waals surface area contributed by atoms with Gasteiger partial charge in [0.1, 0.15) is 17.7 Å². The van der Waals surface area contributed by atoms with Crippen molar-refractivity contribution in [1.82, 2.24) is 14.7 Å². The fourth-order valence-electron chi connectivity index (χ4n) is 7.82. The number of esters is 1. The average Bonchev–Trinajstić information content (AvgIpc) is 3.76. The highest BCUT2D eigenvalue weighted by atomic mass is 16.6. The van der Waals surface area contributed by atoms with E-state index in [-0.39, 0.29) is 43.8 Å². The second-order valence-electron chi connectivity index (χ2n) is 13.4. The van der Waals surface area contributed by atoms with Gasteiger partial charge in [-0.15, -0.1) is 13.2 Å². The van der Waals surface area contributed by atoms with Gasteiger partial charge in [0.15, 0.2) is 0 Å². The number of carbonyl (C=O) groups excluding carboxylic acids is 4. The van der Waals surface area contributed by atoms with Crippen molar-refractivity contribution in [3.63, 3.8) is 0 Å². The molecule has 0 saturated carbocycles. The highest BCUT2D eigenvalue weighted by Crippen LogP contribution is 2.59. The minimum Gasteiger partial charge on any atom is -0.455 e. The molecule has 5 rings (SSSR count). The zero-order chi connectivity index (χ0) is 35.1. The van der Waals surface area contributed by atoms with E-state index in [1.54, 1.807) is 33.9 Å². The number of unbranched alkanes of at least 4 members (excludes halogenated alkanes) is 1. The van der Waals surface area contributed by atoms with Gasteiger partial charge in [-0.1, -0.05) is 72.8 Å². The van der Waals surface area contributed by atoms with Gasteiger partial charge in [-0.2, -0.15) is 0 Å². The highest BCUT2D eigenvalue weighted by Gasteiger charge is 2.75. The number of ether oxygens (including phenoxy) is 2. The van der Waals surface area contributed by atoms with Gasteiger partial charge in [-0.05, 0) is 50.2 Å². The lowest BCUT2D eigenvalue weighted by molar-refractivity contribution is -0.164. The van der Waals surface area contributed by atoms with Crippen LogP contribution in [0.4, 0.5) is 0 Å². The molecule has 1 N–H and O–H groups in total. The molecule has 3 aliphatic heterocycles. The van der Waals surface area contributed by atoms with E-state index in [4.69, 9.17) is 9.47 Å². The summed E-state index contributed by atoms with van der Waals surface area (Å²) in [5.74, 6) is -3.05. The first-order valence-electron chi connectivity index (χ1n) is 17.3. The first kappa shape index (κ1) is 36.0. The van der Waals surface area contributed by atoms with Crippen molar-refractivity contribution in [2.24, 2.45) is 11.8 Å². The molecule has 1 spiro atoms. The predicted molar refractivity (Wildman–Crippen MR) is 185 cm³/mol. The van der Waals surface area contributed by atoms with E-state index in [9.17, 15) is 24.3 Å². The van der Waals surface area contributed by atoms with Crippen molar-refractivity contribution in [1.29, 1.82) is 0 Å². The zero-order valence-corrected chi connectivity index (χ0v) is 28.6. The van der Waals surface area contributed by atoms with Gasteiger partial charge >= 0.3 is 5.97 Å².